The van der Waals surface area contributed by atoms with Gasteiger partial charge in [0.05, 0.1) is 12.2 Å². The standard InChI is InChI=1S/C16H17NO/c1-12-6-5-7-13(2)16(12)17-10-11-18-15-9-4-3-8-14(15)17/h3-9H,10-11H2,1-2H3. The van der Waals surface area contributed by atoms with Crippen LogP contribution in [0.3, 0.4) is 0 Å². The van der Waals surface area contributed by atoms with Crippen LogP contribution < -0.4 is 9.64 Å². The fourth-order valence-electron chi connectivity index (χ4n) is 2.63. The van der Waals surface area contributed by atoms with Gasteiger partial charge >= 0.3 is 0 Å². The lowest BCUT2D eigenvalue weighted by molar-refractivity contribution is 0.314. The molecular weight excluding hydrogens is 222 g/mol. The zero-order chi connectivity index (χ0) is 12.5. The molecule has 0 spiro atoms. The largest absolute Gasteiger partial charge is 0.490 e. The third kappa shape index (κ3) is 1.74. The fraction of sp³-hybridized carbons (Fsp3) is 0.250. The number of anilines is 2. The van der Waals surface area contributed by atoms with Crippen LogP contribution in [-0.4, -0.2) is 13.2 Å². The molecular formula is C16H17NO. The number of fused-ring (bicyclic) bond motifs is 1. The van der Waals surface area contributed by atoms with Crippen molar-refractivity contribution in [1.29, 1.82) is 0 Å². The van der Waals surface area contributed by atoms with Crippen LogP contribution >= 0.6 is 0 Å². The Morgan fingerprint density at radius 2 is 1.67 bits per heavy atom. The summed E-state index contributed by atoms with van der Waals surface area (Å²) in [4.78, 5) is 2.36. The molecule has 0 fully saturated rings. The molecule has 0 aromatic heterocycles. The molecule has 0 saturated heterocycles. The smallest absolute Gasteiger partial charge is 0.143 e. The van der Waals surface area contributed by atoms with E-state index in [4.69, 9.17) is 4.74 Å². The number of nitrogens with zero attached hydrogens (tertiary/aromatic N) is 1. The van der Waals surface area contributed by atoms with E-state index in [9.17, 15) is 0 Å². The van der Waals surface area contributed by atoms with E-state index < -0.39 is 0 Å². The lowest BCUT2D eigenvalue weighted by atomic mass is 10.1. The molecule has 0 radical (unpaired) electrons. The minimum Gasteiger partial charge on any atom is -0.490 e. The van der Waals surface area contributed by atoms with Crippen molar-refractivity contribution in [3.05, 3.63) is 53.6 Å². The molecule has 2 aromatic carbocycles. The van der Waals surface area contributed by atoms with Gasteiger partial charge in [-0.3, -0.25) is 0 Å². The van der Waals surface area contributed by atoms with E-state index >= 15 is 0 Å². The Morgan fingerprint density at radius 3 is 2.44 bits per heavy atom. The first-order chi connectivity index (χ1) is 8.77. The highest BCUT2D eigenvalue weighted by Crippen LogP contribution is 2.38. The van der Waals surface area contributed by atoms with Crippen LogP contribution in [0.5, 0.6) is 5.75 Å². The molecule has 0 unspecified atom stereocenters. The van der Waals surface area contributed by atoms with Gasteiger partial charge in [0, 0.05) is 5.69 Å². The summed E-state index contributed by atoms with van der Waals surface area (Å²) in [6, 6.07) is 14.7. The second-order valence-electron chi connectivity index (χ2n) is 4.71. The maximum absolute atomic E-state index is 5.71. The summed E-state index contributed by atoms with van der Waals surface area (Å²) >= 11 is 0. The van der Waals surface area contributed by atoms with Gasteiger partial charge < -0.3 is 9.64 Å². The minimum absolute atomic E-state index is 0.741. The first-order valence-electron chi connectivity index (χ1n) is 6.33. The Bertz CT molecular complexity index is 557. The van der Waals surface area contributed by atoms with Crippen molar-refractivity contribution in [1.82, 2.24) is 0 Å². The third-order valence-electron chi connectivity index (χ3n) is 3.44. The van der Waals surface area contributed by atoms with Crippen LogP contribution in [0.1, 0.15) is 11.1 Å². The maximum atomic E-state index is 5.71. The molecule has 2 heteroatoms. The molecule has 0 N–H and O–H groups in total. The van der Waals surface area contributed by atoms with E-state index in [2.05, 4.69) is 49.1 Å². The molecule has 1 aliphatic heterocycles. The van der Waals surface area contributed by atoms with Crippen molar-refractivity contribution < 1.29 is 4.74 Å². The van der Waals surface area contributed by atoms with Gasteiger partial charge in [-0.15, -0.1) is 0 Å². The summed E-state index contributed by atoms with van der Waals surface area (Å²) in [5, 5.41) is 0. The number of benzene rings is 2. The van der Waals surface area contributed by atoms with Crippen molar-refractivity contribution in [2.24, 2.45) is 0 Å². The molecule has 2 nitrogen and oxygen atoms in total. The molecule has 3 rings (SSSR count). The van der Waals surface area contributed by atoms with Crippen LogP contribution in [0.15, 0.2) is 42.5 Å². The predicted octanol–water partition coefficient (Wildman–Crippen LogP) is 3.83. The molecule has 0 atom stereocenters. The van der Waals surface area contributed by atoms with E-state index in [-0.39, 0.29) is 0 Å². The van der Waals surface area contributed by atoms with Crippen molar-refractivity contribution in [2.45, 2.75) is 13.8 Å². The molecule has 2 aromatic rings. The fourth-order valence-corrected chi connectivity index (χ4v) is 2.63. The zero-order valence-corrected chi connectivity index (χ0v) is 10.8. The van der Waals surface area contributed by atoms with E-state index in [0.29, 0.717) is 0 Å². The first kappa shape index (κ1) is 11.1. The molecule has 92 valence electrons. The number of hydrogen-bond donors (Lipinski definition) is 0. The minimum atomic E-state index is 0.741. The average molecular weight is 239 g/mol. The van der Waals surface area contributed by atoms with Crippen LogP contribution in [0.4, 0.5) is 11.4 Å². The SMILES string of the molecule is Cc1cccc(C)c1N1CCOc2ccccc21. The normalized spacial score (nSPS) is 14.0. The molecule has 18 heavy (non-hydrogen) atoms. The number of ether oxygens (including phenoxy) is 1. The highest BCUT2D eigenvalue weighted by Gasteiger charge is 2.21. The molecule has 1 aliphatic rings. The monoisotopic (exact) mass is 239 g/mol. The molecule has 0 bridgehead atoms. The maximum Gasteiger partial charge on any atom is 0.143 e. The quantitative estimate of drug-likeness (QED) is 0.749. The van der Waals surface area contributed by atoms with E-state index in [1.807, 2.05) is 12.1 Å². The van der Waals surface area contributed by atoms with Crippen molar-refractivity contribution in [2.75, 3.05) is 18.1 Å². The summed E-state index contributed by atoms with van der Waals surface area (Å²) < 4.78 is 5.71. The number of hydrogen-bond acceptors (Lipinski definition) is 2. The van der Waals surface area contributed by atoms with E-state index in [0.717, 1.165) is 18.9 Å². The first-order valence-corrected chi connectivity index (χ1v) is 6.33. The van der Waals surface area contributed by atoms with Gasteiger partial charge in [0.2, 0.25) is 0 Å². The Balaban J connectivity index is 2.14. The summed E-state index contributed by atoms with van der Waals surface area (Å²) in [5.74, 6) is 0.978. The molecule has 0 saturated carbocycles. The lowest BCUT2D eigenvalue weighted by Crippen LogP contribution is -2.29. The topological polar surface area (TPSA) is 12.5 Å². The van der Waals surface area contributed by atoms with Crippen LogP contribution in [-0.2, 0) is 0 Å². The van der Waals surface area contributed by atoms with Gasteiger partial charge in [-0.2, -0.15) is 0 Å². The summed E-state index contributed by atoms with van der Waals surface area (Å²) in [7, 11) is 0. The Kier molecular flexibility index (Phi) is 2.71. The Labute approximate surface area is 108 Å². The second-order valence-corrected chi connectivity index (χ2v) is 4.71. The number of para-hydroxylation sites is 3. The van der Waals surface area contributed by atoms with E-state index in [1.165, 1.54) is 22.5 Å². The van der Waals surface area contributed by atoms with Crippen molar-refractivity contribution in [3.63, 3.8) is 0 Å². The Morgan fingerprint density at radius 1 is 0.944 bits per heavy atom. The summed E-state index contributed by atoms with van der Waals surface area (Å²) in [6.07, 6.45) is 0. The van der Waals surface area contributed by atoms with Gasteiger partial charge in [0.25, 0.3) is 0 Å². The van der Waals surface area contributed by atoms with Gasteiger partial charge in [-0.25, -0.2) is 0 Å². The van der Waals surface area contributed by atoms with E-state index in [1.54, 1.807) is 0 Å². The molecule has 1 heterocycles. The van der Waals surface area contributed by atoms with Crippen molar-refractivity contribution >= 4 is 11.4 Å². The van der Waals surface area contributed by atoms with Crippen molar-refractivity contribution in [3.8, 4) is 5.75 Å². The lowest BCUT2D eigenvalue weighted by Gasteiger charge is -2.33. The van der Waals surface area contributed by atoms with Crippen LogP contribution in [0, 0.1) is 13.8 Å². The summed E-state index contributed by atoms with van der Waals surface area (Å²) in [6.45, 7) is 5.98. The number of aryl methyl sites for hydroxylation is 2. The third-order valence-corrected chi connectivity index (χ3v) is 3.44. The van der Waals surface area contributed by atoms with Gasteiger partial charge in [0.1, 0.15) is 12.4 Å². The van der Waals surface area contributed by atoms with Gasteiger partial charge in [-0.1, -0.05) is 30.3 Å². The molecule has 0 amide bonds. The summed E-state index contributed by atoms with van der Waals surface area (Å²) in [5.41, 5.74) is 5.10. The number of rotatable bonds is 1. The van der Waals surface area contributed by atoms with Crippen LogP contribution in [0.25, 0.3) is 0 Å². The molecule has 0 aliphatic carbocycles. The zero-order valence-electron chi connectivity index (χ0n) is 10.8. The predicted molar refractivity (Wildman–Crippen MR) is 74.9 cm³/mol. The second kappa shape index (κ2) is 4.37. The average Bonchev–Trinajstić information content (AvgIpc) is 2.39. The highest BCUT2D eigenvalue weighted by molar-refractivity contribution is 5.74. The highest BCUT2D eigenvalue weighted by atomic mass is 16.5. The van der Waals surface area contributed by atoms with Gasteiger partial charge in [-0.05, 0) is 37.1 Å². The van der Waals surface area contributed by atoms with Crippen LogP contribution in [0.2, 0.25) is 0 Å². The van der Waals surface area contributed by atoms with Gasteiger partial charge in [0.15, 0.2) is 0 Å². The Hall–Kier alpha value is -1.96.